The van der Waals surface area contributed by atoms with Crippen LogP contribution in [-0.4, -0.2) is 69.9 Å². The van der Waals surface area contributed by atoms with Gasteiger partial charge in [-0.15, -0.1) is 0 Å². The number of aliphatic hydroxyl groups is 1. The Morgan fingerprint density at radius 2 is 2.00 bits per heavy atom. The minimum Gasteiger partial charge on any atom is -0.461 e. The molecule has 0 radical (unpaired) electrons. The maximum atomic E-state index is 16.0. The number of hydrogen-bond acceptors (Lipinski definition) is 7. The highest BCUT2D eigenvalue weighted by atomic mass is 35.5. The van der Waals surface area contributed by atoms with Gasteiger partial charge in [0.15, 0.2) is 5.82 Å². The van der Waals surface area contributed by atoms with Crippen LogP contribution < -0.4 is 9.64 Å². The van der Waals surface area contributed by atoms with E-state index in [4.69, 9.17) is 21.3 Å². The van der Waals surface area contributed by atoms with E-state index in [2.05, 4.69) is 14.9 Å². The Balaban J connectivity index is 1.31. The van der Waals surface area contributed by atoms with Crippen LogP contribution in [0.5, 0.6) is 6.01 Å². The maximum Gasteiger partial charge on any atom is 0.319 e. The van der Waals surface area contributed by atoms with Crippen molar-refractivity contribution >= 4 is 28.3 Å². The van der Waals surface area contributed by atoms with Crippen LogP contribution in [0, 0.1) is 11.7 Å². The van der Waals surface area contributed by atoms with E-state index in [1.807, 2.05) is 11.9 Å². The fraction of sp³-hybridized carbons (Fsp3) is 0.552. The predicted molar refractivity (Wildman–Crippen MR) is 147 cm³/mol. The Morgan fingerprint density at radius 3 is 2.74 bits per heavy atom. The third kappa shape index (κ3) is 4.94. The van der Waals surface area contributed by atoms with E-state index in [0.29, 0.717) is 34.3 Å². The molecule has 0 unspecified atom stereocenters. The van der Waals surface area contributed by atoms with E-state index in [-0.39, 0.29) is 28.9 Å². The number of anilines is 1. The molecule has 0 atom stereocenters. The van der Waals surface area contributed by atoms with Gasteiger partial charge in [0.2, 0.25) is 0 Å². The number of ether oxygens (including phenoxy) is 1. The molecule has 7 nitrogen and oxygen atoms in total. The third-order valence-corrected chi connectivity index (χ3v) is 8.94. The van der Waals surface area contributed by atoms with Crippen molar-refractivity contribution in [2.24, 2.45) is 5.92 Å². The minimum atomic E-state index is -0.503. The second kappa shape index (κ2) is 10.5. The van der Waals surface area contributed by atoms with E-state index >= 15 is 4.39 Å². The van der Waals surface area contributed by atoms with Crippen molar-refractivity contribution in [1.82, 2.24) is 19.9 Å². The Morgan fingerprint density at radius 1 is 1.21 bits per heavy atom. The van der Waals surface area contributed by atoms with Crippen LogP contribution in [0.4, 0.5) is 10.2 Å². The first kappa shape index (κ1) is 25.7. The van der Waals surface area contributed by atoms with Crippen LogP contribution in [0.2, 0.25) is 5.02 Å². The molecule has 0 spiro atoms. The zero-order valence-electron chi connectivity index (χ0n) is 21.9. The van der Waals surface area contributed by atoms with E-state index in [0.717, 1.165) is 58.2 Å². The van der Waals surface area contributed by atoms with Crippen LogP contribution in [0.15, 0.2) is 30.5 Å². The van der Waals surface area contributed by atoms with Crippen LogP contribution in [0.25, 0.3) is 22.2 Å². The fourth-order valence-corrected chi connectivity index (χ4v) is 6.72. The average molecular weight is 540 g/mol. The number of rotatable bonds is 9. The summed E-state index contributed by atoms with van der Waals surface area (Å²) in [5, 5.41) is 10.7. The lowest BCUT2D eigenvalue weighted by molar-refractivity contribution is 0.0386. The van der Waals surface area contributed by atoms with Gasteiger partial charge in [-0.25, -0.2) is 4.39 Å². The summed E-state index contributed by atoms with van der Waals surface area (Å²) < 4.78 is 22.3. The number of hydrogen-bond donors (Lipinski definition) is 1. The largest absolute Gasteiger partial charge is 0.461 e. The standard InChI is InChI=1S/C29H35ClFN5O2/c1-35(11-3-6-19-14-22(37)15-19)27-23-17-32-25(20-7-2-8-21(30)16-20)24(31)26(23)33-28(34-27)38-18-29-9-4-12-36(29)13-5-10-29/h2,7-8,16-17,19,22,37H,3-6,9-15,18H2,1H3. The normalized spacial score (nSPS) is 22.4. The molecule has 0 bridgehead atoms. The number of pyridine rings is 1. The van der Waals surface area contributed by atoms with Gasteiger partial charge < -0.3 is 14.7 Å². The first-order valence-electron chi connectivity index (χ1n) is 13.8. The summed E-state index contributed by atoms with van der Waals surface area (Å²) in [5.74, 6) is 0.699. The molecule has 9 heteroatoms. The number of benzene rings is 1. The second-order valence-corrected chi connectivity index (χ2v) is 11.7. The Kier molecular flexibility index (Phi) is 7.14. The van der Waals surface area contributed by atoms with Gasteiger partial charge in [-0.1, -0.05) is 23.7 Å². The van der Waals surface area contributed by atoms with Gasteiger partial charge >= 0.3 is 6.01 Å². The summed E-state index contributed by atoms with van der Waals surface area (Å²) >= 11 is 6.18. The predicted octanol–water partition coefficient (Wildman–Crippen LogP) is 5.48. The molecule has 4 heterocycles. The smallest absolute Gasteiger partial charge is 0.319 e. The molecule has 6 rings (SSSR count). The molecule has 0 amide bonds. The maximum absolute atomic E-state index is 16.0. The van der Waals surface area contributed by atoms with Crippen molar-refractivity contribution in [1.29, 1.82) is 0 Å². The monoisotopic (exact) mass is 539 g/mol. The highest BCUT2D eigenvalue weighted by Crippen LogP contribution is 2.39. The van der Waals surface area contributed by atoms with Crippen LogP contribution in [-0.2, 0) is 0 Å². The Hall–Kier alpha value is -2.55. The zero-order chi connectivity index (χ0) is 26.3. The van der Waals surface area contributed by atoms with Crippen molar-refractivity contribution in [3.8, 4) is 17.3 Å². The number of aromatic nitrogens is 3. The highest BCUT2D eigenvalue weighted by molar-refractivity contribution is 6.30. The molecule has 2 aromatic heterocycles. The van der Waals surface area contributed by atoms with Gasteiger partial charge in [-0.2, -0.15) is 9.97 Å². The molecule has 1 N–H and O–H groups in total. The Bertz CT molecular complexity index is 1310. The summed E-state index contributed by atoms with van der Waals surface area (Å²) in [4.78, 5) is 18.4. The SMILES string of the molecule is CN(CCCC1CC(O)C1)c1nc(OCC23CCCN2CCC3)nc2c(F)c(-c3cccc(Cl)c3)ncc12. The molecule has 202 valence electrons. The van der Waals surface area contributed by atoms with Gasteiger partial charge in [0, 0.05) is 30.4 Å². The van der Waals surface area contributed by atoms with Gasteiger partial charge in [-0.3, -0.25) is 9.88 Å². The van der Waals surface area contributed by atoms with Gasteiger partial charge in [-0.05, 0) is 82.5 Å². The first-order chi connectivity index (χ1) is 18.4. The third-order valence-electron chi connectivity index (χ3n) is 8.70. The molecule has 1 saturated carbocycles. The van der Waals surface area contributed by atoms with Crippen molar-refractivity contribution < 1.29 is 14.2 Å². The average Bonchev–Trinajstić information content (AvgIpc) is 3.47. The van der Waals surface area contributed by atoms with Gasteiger partial charge in [0.25, 0.3) is 0 Å². The number of nitrogens with zero attached hydrogens (tertiary/aromatic N) is 5. The number of aliphatic hydroxyl groups excluding tert-OH is 1. The number of fused-ring (bicyclic) bond motifs is 2. The van der Waals surface area contributed by atoms with Crippen molar-refractivity contribution in [2.75, 3.05) is 38.2 Å². The van der Waals surface area contributed by atoms with Crippen LogP contribution in [0.1, 0.15) is 51.4 Å². The summed E-state index contributed by atoms with van der Waals surface area (Å²) in [6.45, 7) is 3.49. The van der Waals surface area contributed by atoms with Crippen molar-refractivity contribution in [2.45, 2.75) is 63.0 Å². The summed E-state index contributed by atoms with van der Waals surface area (Å²) in [6, 6.07) is 7.24. The second-order valence-electron chi connectivity index (χ2n) is 11.3. The van der Waals surface area contributed by atoms with Gasteiger partial charge in [0.1, 0.15) is 23.6 Å². The topological polar surface area (TPSA) is 74.6 Å². The molecule has 3 fully saturated rings. The lowest BCUT2D eigenvalue weighted by atomic mass is 9.79. The first-order valence-corrected chi connectivity index (χ1v) is 14.2. The summed E-state index contributed by atoms with van der Waals surface area (Å²) in [7, 11) is 1.97. The molecule has 2 aliphatic heterocycles. The zero-order valence-corrected chi connectivity index (χ0v) is 22.6. The molecular formula is C29H35ClFN5O2. The molecular weight excluding hydrogens is 505 g/mol. The van der Waals surface area contributed by atoms with Crippen molar-refractivity contribution in [3.63, 3.8) is 0 Å². The van der Waals surface area contributed by atoms with Crippen LogP contribution in [0.3, 0.4) is 0 Å². The van der Waals surface area contributed by atoms with E-state index in [9.17, 15) is 5.11 Å². The summed E-state index contributed by atoms with van der Waals surface area (Å²) in [5.41, 5.74) is 1.05. The van der Waals surface area contributed by atoms with Crippen LogP contribution >= 0.6 is 11.6 Å². The fourth-order valence-electron chi connectivity index (χ4n) is 6.53. The molecule has 2 saturated heterocycles. The van der Waals surface area contributed by atoms with E-state index in [1.165, 1.54) is 12.8 Å². The molecule has 3 aromatic rings. The molecule has 38 heavy (non-hydrogen) atoms. The molecule has 1 aliphatic carbocycles. The van der Waals surface area contributed by atoms with Crippen molar-refractivity contribution in [3.05, 3.63) is 41.3 Å². The minimum absolute atomic E-state index is 0.0421. The summed E-state index contributed by atoms with van der Waals surface area (Å²) in [6.07, 6.45) is 9.88. The lowest BCUT2D eigenvalue weighted by Crippen LogP contribution is -2.43. The van der Waals surface area contributed by atoms with E-state index in [1.54, 1.807) is 30.5 Å². The molecule has 3 aliphatic rings. The van der Waals surface area contributed by atoms with E-state index < -0.39 is 5.82 Å². The van der Waals surface area contributed by atoms with Gasteiger partial charge in [0.05, 0.1) is 17.0 Å². The quantitative estimate of drug-likeness (QED) is 0.386. The Labute approximate surface area is 228 Å². The highest BCUT2D eigenvalue weighted by Gasteiger charge is 2.45. The molecule has 1 aromatic carbocycles. The number of halogens is 2. The lowest BCUT2D eigenvalue weighted by Gasteiger charge is -2.32.